The van der Waals surface area contributed by atoms with Gasteiger partial charge in [0.05, 0.1) is 6.10 Å². The van der Waals surface area contributed by atoms with Crippen molar-refractivity contribution in [2.75, 3.05) is 0 Å². The lowest BCUT2D eigenvalue weighted by atomic mass is 9.86. The maximum Gasteiger partial charge on any atom is 0.123 e. The molecule has 15 heavy (non-hydrogen) atoms. The molecule has 2 atom stereocenters. The molecule has 0 saturated heterocycles. The average molecular weight is 210 g/mol. The summed E-state index contributed by atoms with van der Waals surface area (Å²) in [4.78, 5) is 10.6. The number of hydrogen-bond donors (Lipinski definition) is 1. The van der Waals surface area contributed by atoms with E-state index in [1.54, 1.807) is 0 Å². The molecule has 0 aromatic rings. The first kappa shape index (κ1) is 12.4. The number of hydrogen-bond acceptors (Lipinski definition) is 2. The highest BCUT2D eigenvalue weighted by molar-refractivity contribution is 5.54. The van der Waals surface area contributed by atoms with Gasteiger partial charge in [0.15, 0.2) is 0 Å². The van der Waals surface area contributed by atoms with Crippen molar-refractivity contribution in [1.82, 2.24) is 0 Å². The van der Waals surface area contributed by atoms with Crippen LogP contribution in [0.1, 0.15) is 46.0 Å². The molecule has 0 saturated carbocycles. The smallest absolute Gasteiger partial charge is 0.123 e. The highest BCUT2D eigenvalue weighted by Gasteiger charge is 2.18. The molecule has 2 heteroatoms. The Hall–Kier alpha value is -0.630. The molecule has 0 radical (unpaired) electrons. The zero-order valence-corrected chi connectivity index (χ0v) is 9.78. The summed E-state index contributed by atoms with van der Waals surface area (Å²) >= 11 is 0. The van der Waals surface area contributed by atoms with E-state index in [-0.39, 0.29) is 12.0 Å². The predicted octanol–water partition coefficient (Wildman–Crippen LogP) is 2.71. The first-order valence-electron chi connectivity index (χ1n) is 5.95. The van der Waals surface area contributed by atoms with Crippen LogP contribution in [-0.4, -0.2) is 17.5 Å². The lowest BCUT2D eigenvalue weighted by Gasteiger charge is -2.22. The third kappa shape index (κ3) is 4.17. The second kappa shape index (κ2) is 6.06. The zero-order chi connectivity index (χ0) is 11.3. The van der Waals surface area contributed by atoms with Crippen LogP contribution in [0.15, 0.2) is 11.6 Å². The van der Waals surface area contributed by atoms with E-state index in [4.69, 9.17) is 0 Å². The molecule has 0 aromatic heterocycles. The second-order valence-electron chi connectivity index (χ2n) is 4.94. The quantitative estimate of drug-likeness (QED) is 0.559. The van der Waals surface area contributed by atoms with Crippen LogP contribution in [0, 0.1) is 11.8 Å². The van der Waals surface area contributed by atoms with Gasteiger partial charge in [0.1, 0.15) is 6.29 Å². The van der Waals surface area contributed by atoms with Crippen molar-refractivity contribution < 1.29 is 9.90 Å². The molecule has 0 aromatic carbocycles. The second-order valence-corrected chi connectivity index (χ2v) is 4.94. The van der Waals surface area contributed by atoms with E-state index in [0.717, 1.165) is 44.0 Å². The average Bonchev–Trinajstić information content (AvgIpc) is 2.26. The highest BCUT2D eigenvalue weighted by Crippen LogP contribution is 2.26. The van der Waals surface area contributed by atoms with Gasteiger partial charge in [-0.15, -0.1) is 0 Å². The highest BCUT2D eigenvalue weighted by atomic mass is 16.3. The molecule has 86 valence electrons. The van der Waals surface area contributed by atoms with Gasteiger partial charge >= 0.3 is 0 Å². The molecule has 1 aliphatic carbocycles. The number of allylic oxidation sites excluding steroid dienone is 1. The van der Waals surface area contributed by atoms with Crippen LogP contribution in [0.25, 0.3) is 0 Å². The van der Waals surface area contributed by atoms with Gasteiger partial charge in [0.25, 0.3) is 0 Å². The molecule has 0 aliphatic heterocycles. The van der Waals surface area contributed by atoms with E-state index in [2.05, 4.69) is 19.9 Å². The van der Waals surface area contributed by atoms with Crippen LogP contribution in [-0.2, 0) is 4.79 Å². The van der Waals surface area contributed by atoms with Crippen molar-refractivity contribution in [3.05, 3.63) is 11.6 Å². The number of rotatable bonds is 5. The number of aliphatic hydroxyl groups excluding tert-OH is 1. The van der Waals surface area contributed by atoms with Gasteiger partial charge in [-0.1, -0.05) is 19.9 Å². The van der Waals surface area contributed by atoms with Crippen LogP contribution in [0.2, 0.25) is 0 Å². The molecule has 0 fully saturated rings. The fourth-order valence-corrected chi connectivity index (χ4v) is 1.98. The van der Waals surface area contributed by atoms with E-state index in [1.165, 1.54) is 0 Å². The maximum atomic E-state index is 10.6. The minimum atomic E-state index is -0.278. The lowest BCUT2D eigenvalue weighted by molar-refractivity contribution is -0.111. The summed E-state index contributed by atoms with van der Waals surface area (Å²) in [6, 6.07) is 0. The van der Waals surface area contributed by atoms with Gasteiger partial charge in [-0.2, -0.15) is 0 Å². The van der Waals surface area contributed by atoms with Crippen molar-refractivity contribution in [2.24, 2.45) is 11.8 Å². The van der Waals surface area contributed by atoms with Crippen molar-refractivity contribution in [2.45, 2.75) is 52.1 Å². The molecule has 0 bridgehead atoms. The monoisotopic (exact) mass is 210 g/mol. The normalized spacial score (nSPS) is 23.7. The number of carbonyl (C=O) groups excluding carboxylic acids is 1. The first-order chi connectivity index (χ1) is 7.13. The third-order valence-corrected chi connectivity index (χ3v) is 3.12. The van der Waals surface area contributed by atoms with Gasteiger partial charge in [-0.05, 0) is 43.6 Å². The van der Waals surface area contributed by atoms with Gasteiger partial charge in [0, 0.05) is 5.92 Å². The molecule has 1 rings (SSSR count). The fraction of sp³-hybridized carbons (Fsp3) is 0.769. The molecule has 0 spiro atoms. The maximum absolute atomic E-state index is 10.6. The Morgan fingerprint density at radius 2 is 2.27 bits per heavy atom. The minimum absolute atomic E-state index is 0.186. The Morgan fingerprint density at radius 3 is 2.73 bits per heavy atom. The van der Waals surface area contributed by atoms with Crippen molar-refractivity contribution in [1.29, 1.82) is 0 Å². The van der Waals surface area contributed by atoms with Crippen LogP contribution in [0.4, 0.5) is 0 Å². The Kier molecular flexibility index (Phi) is 5.03. The molecular weight excluding hydrogens is 188 g/mol. The van der Waals surface area contributed by atoms with Crippen LogP contribution in [0.5, 0.6) is 0 Å². The van der Waals surface area contributed by atoms with E-state index < -0.39 is 0 Å². The fourth-order valence-electron chi connectivity index (χ4n) is 1.98. The summed E-state index contributed by atoms with van der Waals surface area (Å²) in [6.07, 6.45) is 7.36. The largest absolute Gasteiger partial charge is 0.389 e. The first-order valence-corrected chi connectivity index (χ1v) is 5.95. The summed E-state index contributed by atoms with van der Waals surface area (Å²) < 4.78 is 0. The van der Waals surface area contributed by atoms with E-state index in [9.17, 15) is 9.90 Å². The van der Waals surface area contributed by atoms with E-state index >= 15 is 0 Å². The van der Waals surface area contributed by atoms with Gasteiger partial charge in [-0.3, -0.25) is 0 Å². The Labute approximate surface area is 92.4 Å². The van der Waals surface area contributed by atoms with Crippen LogP contribution >= 0.6 is 0 Å². The number of carbonyl (C=O) groups is 1. The molecule has 1 N–H and O–H groups in total. The number of aldehydes is 1. The Bertz CT molecular complexity index is 231. The summed E-state index contributed by atoms with van der Waals surface area (Å²) in [6.45, 7) is 4.34. The number of aliphatic hydroxyl groups is 1. The van der Waals surface area contributed by atoms with Crippen LogP contribution < -0.4 is 0 Å². The van der Waals surface area contributed by atoms with E-state index in [0.29, 0.717) is 5.92 Å². The topological polar surface area (TPSA) is 37.3 Å². The SMILES string of the molecule is CC(C)CCC(O)C1=CCC(C=O)CC1. The Morgan fingerprint density at radius 1 is 1.53 bits per heavy atom. The predicted molar refractivity (Wildman–Crippen MR) is 61.6 cm³/mol. The molecule has 0 amide bonds. The standard InChI is InChI=1S/C13H22O2/c1-10(2)3-8-13(15)12-6-4-11(9-14)5-7-12/h6,9-11,13,15H,3-5,7-8H2,1-2H3. The van der Waals surface area contributed by atoms with Crippen molar-refractivity contribution >= 4 is 6.29 Å². The van der Waals surface area contributed by atoms with Crippen molar-refractivity contribution in [3.8, 4) is 0 Å². The summed E-state index contributed by atoms with van der Waals surface area (Å²) in [7, 11) is 0. The lowest BCUT2D eigenvalue weighted by Crippen LogP contribution is -2.16. The van der Waals surface area contributed by atoms with E-state index in [1.807, 2.05) is 0 Å². The third-order valence-electron chi connectivity index (χ3n) is 3.12. The van der Waals surface area contributed by atoms with Crippen molar-refractivity contribution in [3.63, 3.8) is 0 Å². The molecule has 2 unspecified atom stereocenters. The molecule has 0 heterocycles. The Balaban J connectivity index is 2.37. The van der Waals surface area contributed by atoms with Gasteiger partial charge < -0.3 is 9.90 Å². The van der Waals surface area contributed by atoms with Gasteiger partial charge in [0.2, 0.25) is 0 Å². The molecule has 1 aliphatic rings. The molecule has 2 nitrogen and oxygen atoms in total. The van der Waals surface area contributed by atoms with Gasteiger partial charge in [-0.25, -0.2) is 0 Å². The summed E-state index contributed by atoms with van der Waals surface area (Å²) in [5.41, 5.74) is 1.15. The summed E-state index contributed by atoms with van der Waals surface area (Å²) in [5.74, 6) is 0.831. The molecular formula is C13H22O2. The van der Waals surface area contributed by atoms with Crippen LogP contribution in [0.3, 0.4) is 0 Å². The summed E-state index contributed by atoms with van der Waals surface area (Å²) in [5, 5.41) is 9.93. The zero-order valence-electron chi connectivity index (χ0n) is 9.78. The minimum Gasteiger partial charge on any atom is -0.389 e.